The molecule has 0 radical (unpaired) electrons. The summed E-state index contributed by atoms with van der Waals surface area (Å²) in [6, 6.07) is 8.14. The van der Waals surface area contributed by atoms with Crippen LogP contribution >= 0.6 is 0 Å². The quantitative estimate of drug-likeness (QED) is 0.876. The highest BCUT2D eigenvalue weighted by Crippen LogP contribution is 2.31. The van der Waals surface area contributed by atoms with Crippen molar-refractivity contribution in [1.29, 1.82) is 0 Å². The predicted octanol–water partition coefficient (Wildman–Crippen LogP) is 2.48. The highest BCUT2D eigenvalue weighted by Gasteiger charge is 2.22. The van der Waals surface area contributed by atoms with Crippen LogP contribution in [0.4, 0.5) is 5.69 Å². The molecule has 0 saturated carbocycles. The first-order valence-electron chi connectivity index (χ1n) is 7.88. The van der Waals surface area contributed by atoms with Gasteiger partial charge in [-0.05, 0) is 31.2 Å². The maximum Gasteiger partial charge on any atom is 0.216 e. The number of piperidine rings is 1. The van der Waals surface area contributed by atoms with Crippen molar-refractivity contribution in [1.82, 2.24) is 5.32 Å². The van der Waals surface area contributed by atoms with Crippen molar-refractivity contribution >= 4 is 11.6 Å². The van der Waals surface area contributed by atoms with Gasteiger partial charge in [0.2, 0.25) is 5.91 Å². The van der Waals surface area contributed by atoms with Crippen molar-refractivity contribution in [2.45, 2.75) is 39.2 Å². The standard InChI is InChI=1S/C17H26N2O2/c1-3-17(21)15-6-4-5-7-16(15)19-10-8-14(9-11-19)12-18-13(2)20/h4-7,14,17,21H,3,8-12H2,1-2H3,(H,18,20). The van der Waals surface area contributed by atoms with Crippen LogP contribution in [0.2, 0.25) is 0 Å². The lowest BCUT2D eigenvalue weighted by Crippen LogP contribution is -2.38. The highest BCUT2D eigenvalue weighted by atomic mass is 16.3. The molecule has 1 aliphatic heterocycles. The second kappa shape index (κ2) is 7.46. The van der Waals surface area contributed by atoms with Crippen LogP contribution in [0.3, 0.4) is 0 Å². The van der Waals surface area contributed by atoms with Gasteiger partial charge in [-0.25, -0.2) is 0 Å². The van der Waals surface area contributed by atoms with Gasteiger partial charge in [0.05, 0.1) is 6.10 Å². The van der Waals surface area contributed by atoms with Gasteiger partial charge in [-0.1, -0.05) is 25.1 Å². The van der Waals surface area contributed by atoms with Gasteiger partial charge in [-0.15, -0.1) is 0 Å². The Bertz CT molecular complexity index is 468. The number of amides is 1. The lowest BCUT2D eigenvalue weighted by Gasteiger charge is -2.35. The molecule has 0 bridgehead atoms. The Hall–Kier alpha value is -1.55. The summed E-state index contributed by atoms with van der Waals surface area (Å²) < 4.78 is 0. The Kier molecular flexibility index (Phi) is 5.62. The van der Waals surface area contributed by atoms with Crippen LogP contribution in [-0.2, 0) is 4.79 Å². The number of hydrogen-bond donors (Lipinski definition) is 2. The van der Waals surface area contributed by atoms with E-state index >= 15 is 0 Å². The number of nitrogens with one attached hydrogen (secondary N) is 1. The van der Waals surface area contributed by atoms with Crippen LogP contribution in [0.15, 0.2) is 24.3 Å². The fourth-order valence-corrected chi connectivity index (χ4v) is 2.94. The molecular formula is C17H26N2O2. The monoisotopic (exact) mass is 290 g/mol. The number of hydrogen-bond acceptors (Lipinski definition) is 3. The number of nitrogens with zero attached hydrogens (tertiary/aromatic N) is 1. The first kappa shape index (κ1) is 15.8. The van der Waals surface area contributed by atoms with Gasteiger partial charge in [0.25, 0.3) is 0 Å². The van der Waals surface area contributed by atoms with E-state index in [-0.39, 0.29) is 5.91 Å². The van der Waals surface area contributed by atoms with Crippen molar-refractivity contribution in [3.8, 4) is 0 Å². The number of carbonyl (C=O) groups excluding carboxylic acids is 1. The van der Waals surface area contributed by atoms with Gasteiger partial charge in [-0.2, -0.15) is 0 Å². The number of aliphatic hydroxyl groups is 1. The third kappa shape index (κ3) is 4.21. The first-order chi connectivity index (χ1) is 10.1. The molecule has 1 heterocycles. The molecule has 1 atom stereocenters. The largest absolute Gasteiger partial charge is 0.388 e. The molecular weight excluding hydrogens is 264 g/mol. The smallest absolute Gasteiger partial charge is 0.216 e. The second-order valence-corrected chi connectivity index (χ2v) is 5.85. The molecule has 4 nitrogen and oxygen atoms in total. The summed E-state index contributed by atoms with van der Waals surface area (Å²) >= 11 is 0. The molecule has 2 rings (SSSR count). The number of carbonyl (C=O) groups is 1. The highest BCUT2D eigenvalue weighted by molar-refractivity contribution is 5.72. The summed E-state index contributed by atoms with van der Waals surface area (Å²) in [6.07, 6.45) is 2.50. The molecule has 2 N–H and O–H groups in total. The maximum absolute atomic E-state index is 11.0. The SMILES string of the molecule is CCC(O)c1ccccc1N1CCC(CNC(C)=O)CC1. The summed E-state index contributed by atoms with van der Waals surface area (Å²) in [5, 5.41) is 13.1. The number of para-hydroxylation sites is 1. The van der Waals surface area contributed by atoms with E-state index in [0.29, 0.717) is 5.92 Å². The third-order valence-electron chi connectivity index (χ3n) is 4.28. The molecule has 0 aliphatic carbocycles. The van der Waals surface area contributed by atoms with Gasteiger partial charge < -0.3 is 15.3 Å². The van der Waals surface area contributed by atoms with E-state index in [0.717, 1.165) is 50.1 Å². The van der Waals surface area contributed by atoms with Gasteiger partial charge in [-0.3, -0.25) is 4.79 Å². The summed E-state index contributed by atoms with van der Waals surface area (Å²) in [6.45, 7) is 6.32. The van der Waals surface area contributed by atoms with E-state index in [1.807, 2.05) is 25.1 Å². The van der Waals surface area contributed by atoms with E-state index in [2.05, 4.69) is 16.3 Å². The topological polar surface area (TPSA) is 52.6 Å². The Morgan fingerprint density at radius 2 is 2.05 bits per heavy atom. The Balaban J connectivity index is 1.97. The van der Waals surface area contributed by atoms with E-state index in [1.165, 1.54) is 0 Å². The fraction of sp³-hybridized carbons (Fsp3) is 0.588. The van der Waals surface area contributed by atoms with Crippen LogP contribution in [0, 0.1) is 5.92 Å². The summed E-state index contributed by atoms with van der Waals surface area (Å²) in [4.78, 5) is 13.3. The summed E-state index contributed by atoms with van der Waals surface area (Å²) in [5.74, 6) is 0.613. The minimum atomic E-state index is -0.390. The van der Waals surface area contributed by atoms with E-state index in [1.54, 1.807) is 6.92 Å². The molecule has 1 fully saturated rings. The number of anilines is 1. The zero-order chi connectivity index (χ0) is 15.2. The third-order valence-corrected chi connectivity index (χ3v) is 4.28. The number of aliphatic hydroxyl groups excluding tert-OH is 1. The molecule has 1 amide bonds. The lowest BCUT2D eigenvalue weighted by atomic mass is 9.95. The Morgan fingerprint density at radius 1 is 1.38 bits per heavy atom. The van der Waals surface area contributed by atoms with E-state index in [9.17, 15) is 9.90 Å². The maximum atomic E-state index is 11.0. The van der Waals surface area contributed by atoms with Crippen molar-refractivity contribution in [3.63, 3.8) is 0 Å². The molecule has 1 aliphatic rings. The van der Waals surface area contributed by atoms with Crippen molar-refractivity contribution in [2.24, 2.45) is 5.92 Å². The molecule has 116 valence electrons. The number of rotatable bonds is 5. The van der Waals surface area contributed by atoms with Crippen LogP contribution in [0.25, 0.3) is 0 Å². The van der Waals surface area contributed by atoms with Crippen LogP contribution in [0.5, 0.6) is 0 Å². The van der Waals surface area contributed by atoms with Crippen LogP contribution in [0.1, 0.15) is 44.8 Å². The minimum absolute atomic E-state index is 0.0499. The second-order valence-electron chi connectivity index (χ2n) is 5.85. The van der Waals surface area contributed by atoms with Gasteiger partial charge >= 0.3 is 0 Å². The summed E-state index contributed by atoms with van der Waals surface area (Å²) in [7, 11) is 0. The van der Waals surface area contributed by atoms with Crippen molar-refractivity contribution in [2.75, 3.05) is 24.5 Å². The Morgan fingerprint density at radius 3 is 2.67 bits per heavy atom. The van der Waals surface area contributed by atoms with Crippen molar-refractivity contribution in [3.05, 3.63) is 29.8 Å². The molecule has 0 spiro atoms. The van der Waals surface area contributed by atoms with E-state index < -0.39 is 6.10 Å². The zero-order valence-corrected chi connectivity index (χ0v) is 13.0. The Labute approximate surface area is 127 Å². The average Bonchev–Trinajstić information content (AvgIpc) is 2.52. The molecule has 1 aromatic rings. The lowest BCUT2D eigenvalue weighted by molar-refractivity contribution is -0.119. The average molecular weight is 290 g/mol. The minimum Gasteiger partial charge on any atom is -0.388 e. The number of benzene rings is 1. The zero-order valence-electron chi connectivity index (χ0n) is 13.0. The molecule has 1 unspecified atom stereocenters. The fourth-order valence-electron chi connectivity index (χ4n) is 2.94. The molecule has 21 heavy (non-hydrogen) atoms. The van der Waals surface area contributed by atoms with Gasteiger partial charge in [0.1, 0.15) is 0 Å². The molecule has 4 heteroatoms. The predicted molar refractivity (Wildman–Crippen MR) is 85.3 cm³/mol. The van der Waals surface area contributed by atoms with Crippen LogP contribution < -0.4 is 10.2 Å². The molecule has 1 saturated heterocycles. The molecule has 0 aromatic heterocycles. The summed E-state index contributed by atoms with van der Waals surface area (Å²) in [5.41, 5.74) is 2.19. The van der Waals surface area contributed by atoms with E-state index in [4.69, 9.17) is 0 Å². The normalized spacial score (nSPS) is 17.6. The van der Waals surface area contributed by atoms with Crippen LogP contribution in [-0.4, -0.2) is 30.6 Å². The van der Waals surface area contributed by atoms with Crippen molar-refractivity contribution < 1.29 is 9.90 Å². The first-order valence-corrected chi connectivity index (χ1v) is 7.88. The van der Waals surface area contributed by atoms with Gasteiger partial charge in [0, 0.05) is 37.8 Å². The molecule has 1 aromatic carbocycles. The van der Waals surface area contributed by atoms with Gasteiger partial charge in [0.15, 0.2) is 0 Å².